The van der Waals surface area contributed by atoms with E-state index < -0.39 is 17.7 Å². The Morgan fingerprint density at radius 3 is 2.36 bits per heavy atom. The summed E-state index contributed by atoms with van der Waals surface area (Å²) in [5.41, 5.74) is -0.968. The molecule has 1 aromatic heterocycles. The number of hydrogen-bond acceptors (Lipinski definition) is 7. The van der Waals surface area contributed by atoms with Gasteiger partial charge in [-0.05, 0) is 54.8 Å². The van der Waals surface area contributed by atoms with Crippen LogP contribution in [0.1, 0.15) is 61.3 Å². The van der Waals surface area contributed by atoms with Crippen molar-refractivity contribution >= 4 is 16.9 Å². The van der Waals surface area contributed by atoms with Gasteiger partial charge in [0.2, 0.25) is 11.2 Å². The number of aliphatic hydroxyl groups is 2. The number of carboxylic acids is 1. The zero-order valence-electron chi connectivity index (χ0n) is 23.5. The van der Waals surface area contributed by atoms with E-state index >= 15 is 0 Å². The maximum absolute atomic E-state index is 12.0. The third-order valence-electron chi connectivity index (χ3n) is 7.37. The van der Waals surface area contributed by atoms with E-state index in [1.54, 1.807) is 66.7 Å². The number of H-pyrrole nitrogens is 1. The van der Waals surface area contributed by atoms with Crippen LogP contribution in [0.15, 0.2) is 83.7 Å². The number of fused-ring (bicyclic) bond motifs is 1. The van der Waals surface area contributed by atoms with Crippen molar-refractivity contribution in [3.05, 3.63) is 106 Å². The number of carbonyl (C=O) groups is 1. The largest absolute Gasteiger partial charge is 0.506 e. The van der Waals surface area contributed by atoms with Crippen LogP contribution in [0.25, 0.3) is 10.9 Å². The Kier molecular flexibility index (Phi) is 10.7. The van der Waals surface area contributed by atoms with Crippen LogP contribution in [-0.2, 0) is 10.4 Å². The van der Waals surface area contributed by atoms with Gasteiger partial charge in [-0.2, -0.15) is 0 Å². The molecule has 0 aliphatic rings. The van der Waals surface area contributed by atoms with Gasteiger partial charge in [0.25, 0.3) is 0 Å². The van der Waals surface area contributed by atoms with Crippen LogP contribution >= 0.6 is 0 Å². The summed E-state index contributed by atoms with van der Waals surface area (Å²) in [6, 6.07) is 21.1. The van der Waals surface area contributed by atoms with Gasteiger partial charge in [-0.3, -0.25) is 4.79 Å². The van der Waals surface area contributed by atoms with E-state index in [9.17, 15) is 30.0 Å². The maximum Gasteiger partial charge on any atom is 0.345 e. The molecule has 0 radical (unpaired) electrons. The Bertz CT molecular complexity index is 1520. The van der Waals surface area contributed by atoms with E-state index in [4.69, 9.17) is 4.74 Å². The smallest absolute Gasteiger partial charge is 0.345 e. The van der Waals surface area contributed by atoms with Crippen molar-refractivity contribution < 1.29 is 30.0 Å². The van der Waals surface area contributed by atoms with E-state index in [1.165, 1.54) is 12.1 Å². The number of aromatic hydroxyl groups is 1. The fraction of sp³-hybridized carbons (Fsp3) is 0.333. The highest BCUT2D eigenvalue weighted by molar-refractivity contribution is 5.87. The number of phenolic OH excluding ortho intramolecular Hbond substituents is 1. The maximum atomic E-state index is 12.0. The lowest BCUT2D eigenvalue weighted by Gasteiger charge is -2.25. The molecule has 0 saturated carbocycles. The van der Waals surface area contributed by atoms with E-state index in [0.717, 1.165) is 45.1 Å². The number of pyridine rings is 1. The number of ether oxygens (including phenoxy) is 1. The van der Waals surface area contributed by atoms with Crippen molar-refractivity contribution in [2.45, 2.75) is 50.2 Å². The second-order valence-corrected chi connectivity index (χ2v) is 10.4. The molecule has 42 heavy (non-hydrogen) atoms. The molecule has 0 aliphatic carbocycles. The molecule has 0 saturated heterocycles. The Labute approximate surface area is 244 Å². The van der Waals surface area contributed by atoms with Crippen LogP contribution in [0, 0.1) is 0 Å². The highest BCUT2D eigenvalue weighted by Gasteiger charge is 2.40. The van der Waals surface area contributed by atoms with Gasteiger partial charge in [-0.1, -0.05) is 74.2 Å². The first-order chi connectivity index (χ1) is 20.3. The number of benzene rings is 3. The predicted octanol–water partition coefficient (Wildman–Crippen LogP) is 4.60. The van der Waals surface area contributed by atoms with Crippen molar-refractivity contribution in [3.63, 3.8) is 0 Å². The molecule has 2 atom stereocenters. The molecule has 222 valence electrons. The molecule has 0 aliphatic heterocycles. The number of aromatic nitrogens is 1. The first-order valence-electron chi connectivity index (χ1n) is 14.3. The van der Waals surface area contributed by atoms with Gasteiger partial charge in [0, 0.05) is 23.6 Å². The minimum absolute atomic E-state index is 0.0281. The number of carboxylic acid groups (broad SMARTS) is 1. The Hall–Kier alpha value is -4.18. The minimum Gasteiger partial charge on any atom is -0.506 e. The van der Waals surface area contributed by atoms with Crippen LogP contribution in [0.5, 0.6) is 11.5 Å². The number of nitrogens with one attached hydrogen (secondary N) is 2. The van der Waals surface area contributed by atoms with Gasteiger partial charge in [-0.15, -0.1) is 0 Å². The highest BCUT2D eigenvalue weighted by atomic mass is 16.5. The van der Waals surface area contributed by atoms with Crippen molar-refractivity contribution in [2.24, 2.45) is 0 Å². The second kappa shape index (κ2) is 14.6. The second-order valence-electron chi connectivity index (χ2n) is 10.4. The standard InChI is InChI=1S/C33H38N2O7/c36-28-17-15-26(27-16-18-30(38)35-31(27)28)29(37)22-34-19-8-3-1-2-4-9-20-42-25-14-10-13-24(21-25)33(41,32(39)40)23-11-6-5-7-12-23/h5-7,10-18,21,29,34,36-37,41H,1-4,8-9,19-20,22H2,(H,35,38)(H,39,40)/t29-,33-/m0/s1. The molecule has 6 N–H and O–H groups in total. The lowest BCUT2D eigenvalue weighted by atomic mass is 9.86. The fourth-order valence-electron chi connectivity index (χ4n) is 5.05. The summed E-state index contributed by atoms with van der Waals surface area (Å²) in [4.78, 5) is 26.2. The average molecular weight is 575 g/mol. The molecule has 0 bridgehead atoms. The van der Waals surface area contributed by atoms with Crippen molar-refractivity contribution in [1.82, 2.24) is 10.3 Å². The van der Waals surface area contributed by atoms with Gasteiger partial charge in [0.05, 0.1) is 18.2 Å². The minimum atomic E-state index is -2.16. The molecular formula is C33H38N2O7. The van der Waals surface area contributed by atoms with E-state index in [-0.39, 0.29) is 22.4 Å². The summed E-state index contributed by atoms with van der Waals surface area (Å²) in [6.45, 7) is 1.64. The number of aliphatic hydroxyl groups excluding tert-OH is 1. The number of phenols is 1. The topological polar surface area (TPSA) is 152 Å². The molecule has 4 rings (SSSR count). The van der Waals surface area contributed by atoms with Gasteiger partial charge in [-0.25, -0.2) is 4.79 Å². The van der Waals surface area contributed by atoms with Crippen molar-refractivity contribution in [3.8, 4) is 11.5 Å². The van der Waals surface area contributed by atoms with Crippen LogP contribution < -0.4 is 15.6 Å². The summed E-state index contributed by atoms with van der Waals surface area (Å²) in [5, 5.41) is 45.4. The number of aliphatic carboxylic acids is 1. The number of hydrogen-bond donors (Lipinski definition) is 6. The van der Waals surface area contributed by atoms with E-state index in [2.05, 4.69) is 10.3 Å². The van der Waals surface area contributed by atoms with Crippen LogP contribution in [0.4, 0.5) is 0 Å². The molecule has 9 heteroatoms. The van der Waals surface area contributed by atoms with Crippen LogP contribution in [-0.4, -0.2) is 51.1 Å². The van der Waals surface area contributed by atoms with Crippen LogP contribution in [0.3, 0.4) is 0 Å². The monoisotopic (exact) mass is 574 g/mol. The zero-order valence-corrected chi connectivity index (χ0v) is 23.5. The lowest BCUT2D eigenvalue weighted by Crippen LogP contribution is -2.36. The van der Waals surface area contributed by atoms with Crippen LogP contribution in [0.2, 0.25) is 0 Å². The highest BCUT2D eigenvalue weighted by Crippen LogP contribution is 2.32. The fourth-order valence-corrected chi connectivity index (χ4v) is 5.05. The van der Waals surface area contributed by atoms with E-state index in [1.807, 2.05) is 0 Å². The molecule has 0 fully saturated rings. The first-order valence-corrected chi connectivity index (χ1v) is 14.3. The summed E-state index contributed by atoms with van der Waals surface area (Å²) in [7, 11) is 0. The SMILES string of the molecule is O=C(O)[C@](O)(c1ccccc1)c1cccc(OCCCCCCCCNC[C@H](O)c2ccc(O)c3[nH]c(=O)ccc23)c1. The van der Waals surface area contributed by atoms with Crippen molar-refractivity contribution in [2.75, 3.05) is 19.7 Å². The summed E-state index contributed by atoms with van der Waals surface area (Å²) in [5.74, 6) is -0.855. The Morgan fingerprint density at radius 1 is 0.881 bits per heavy atom. The number of aromatic amines is 1. The summed E-state index contributed by atoms with van der Waals surface area (Å²) < 4.78 is 5.85. The average Bonchev–Trinajstić information content (AvgIpc) is 3.00. The third-order valence-corrected chi connectivity index (χ3v) is 7.37. The molecular weight excluding hydrogens is 536 g/mol. The molecule has 9 nitrogen and oxygen atoms in total. The normalized spacial score (nSPS) is 13.5. The van der Waals surface area contributed by atoms with Crippen molar-refractivity contribution in [1.29, 1.82) is 0 Å². The van der Waals surface area contributed by atoms with Gasteiger partial charge in [0.15, 0.2) is 0 Å². The van der Waals surface area contributed by atoms with Gasteiger partial charge >= 0.3 is 5.97 Å². The zero-order chi connectivity index (χ0) is 30.0. The van der Waals surface area contributed by atoms with Gasteiger partial charge < -0.3 is 35.5 Å². The molecule has 3 aromatic carbocycles. The summed E-state index contributed by atoms with van der Waals surface area (Å²) in [6.07, 6.45) is 5.29. The quantitative estimate of drug-likeness (QED) is 0.106. The molecule has 0 spiro atoms. The molecule has 4 aromatic rings. The lowest BCUT2D eigenvalue weighted by molar-refractivity contribution is -0.155. The Balaban J connectivity index is 1.11. The molecule has 0 unspecified atom stereocenters. The summed E-state index contributed by atoms with van der Waals surface area (Å²) >= 11 is 0. The first kappa shape index (κ1) is 30.8. The van der Waals surface area contributed by atoms with Gasteiger partial charge in [0.1, 0.15) is 11.5 Å². The molecule has 0 amide bonds. The third kappa shape index (κ3) is 7.55. The Morgan fingerprint density at radius 2 is 1.60 bits per heavy atom. The molecule has 1 heterocycles. The number of rotatable bonds is 16. The van der Waals surface area contributed by atoms with E-state index in [0.29, 0.717) is 35.4 Å². The number of unbranched alkanes of at least 4 members (excludes halogenated alkanes) is 5. The predicted molar refractivity (Wildman–Crippen MR) is 161 cm³/mol.